The first-order valence-corrected chi connectivity index (χ1v) is 10.8. The van der Waals surface area contributed by atoms with Gasteiger partial charge in [-0.15, -0.1) is 0 Å². The number of ether oxygens (including phenoxy) is 1. The summed E-state index contributed by atoms with van der Waals surface area (Å²) in [6.07, 6.45) is 0. The van der Waals surface area contributed by atoms with Crippen LogP contribution in [0.4, 0.5) is 5.69 Å². The highest BCUT2D eigenvalue weighted by Gasteiger charge is 2.21. The van der Waals surface area contributed by atoms with Gasteiger partial charge in [-0.05, 0) is 51.0 Å². The van der Waals surface area contributed by atoms with Crippen LogP contribution in [0.1, 0.15) is 32.6 Å². The molecule has 4 rings (SSSR count). The van der Waals surface area contributed by atoms with Gasteiger partial charge in [-0.3, -0.25) is 4.79 Å². The summed E-state index contributed by atoms with van der Waals surface area (Å²) >= 11 is 0. The highest BCUT2D eigenvalue weighted by atomic mass is 16.5. The van der Waals surface area contributed by atoms with Crippen LogP contribution in [0.15, 0.2) is 66.7 Å². The predicted molar refractivity (Wildman–Crippen MR) is 131 cm³/mol. The molecule has 5 nitrogen and oxygen atoms in total. The molecule has 0 aliphatic carbocycles. The standard InChI is InChI=1S/C28H26N2O3/c1-17-9-12-21(13-10-17)27-20(4)26(22-7-5-6-8-24(22)30-27)28(32)33-16-25(31)29-23-14-11-18(2)15-19(23)3/h5-15H,16H2,1-4H3,(H,29,31). The Morgan fingerprint density at radius 2 is 1.58 bits per heavy atom. The van der Waals surface area contributed by atoms with Crippen LogP contribution in [0.25, 0.3) is 22.2 Å². The van der Waals surface area contributed by atoms with E-state index in [0.29, 0.717) is 22.2 Å². The summed E-state index contributed by atoms with van der Waals surface area (Å²) in [4.78, 5) is 30.4. The zero-order chi connectivity index (χ0) is 23.5. The lowest BCUT2D eigenvalue weighted by Crippen LogP contribution is -2.22. The topological polar surface area (TPSA) is 68.3 Å². The highest BCUT2D eigenvalue weighted by Crippen LogP contribution is 2.30. The Morgan fingerprint density at radius 1 is 0.879 bits per heavy atom. The molecule has 1 N–H and O–H groups in total. The maximum Gasteiger partial charge on any atom is 0.339 e. The summed E-state index contributed by atoms with van der Waals surface area (Å²) in [5.41, 5.74) is 7.40. The van der Waals surface area contributed by atoms with Gasteiger partial charge in [-0.1, -0.05) is 65.7 Å². The number of hydrogen-bond donors (Lipinski definition) is 1. The summed E-state index contributed by atoms with van der Waals surface area (Å²) in [5, 5.41) is 3.51. The van der Waals surface area contributed by atoms with Gasteiger partial charge in [0.05, 0.1) is 16.8 Å². The minimum Gasteiger partial charge on any atom is -0.452 e. The molecule has 0 radical (unpaired) electrons. The Kier molecular flexibility index (Phi) is 6.22. The summed E-state index contributed by atoms with van der Waals surface area (Å²) in [6, 6.07) is 21.2. The van der Waals surface area contributed by atoms with Crippen LogP contribution >= 0.6 is 0 Å². The van der Waals surface area contributed by atoms with E-state index in [0.717, 1.165) is 33.5 Å². The Hall–Kier alpha value is -3.99. The third kappa shape index (κ3) is 4.77. The number of para-hydroxylation sites is 1. The molecule has 1 amide bonds. The summed E-state index contributed by atoms with van der Waals surface area (Å²) < 4.78 is 5.45. The molecule has 166 valence electrons. The largest absolute Gasteiger partial charge is 0.452 e. The molecular weight excluding hydrogens is 412 g/mol. The Labute approximate surface area is 193 Å². The van der Waals surface area contributed by atoms with E-state index in [1.807, 2.05) is 94.4 Å². The zero-order valence-electron chi connectivity index (χ0n) is 19.2. The molecule has 33 heavy (non-hydrogen) atoms. The van der Waals surface area contributed by atoms with Crippen LogP contribution < -0.4 is 5.32 Å². The van der Waals surface area contributed by atoms with Gasteiger partial charge in [0, 0.05) is 16.6 Å². The molecule has 0 saturated heterocycles. The lowest BCUT2D eigenvalue weighted by Gasteiger charge is -2.15. The van der Waals surface area contributed by atoms with Gasteiger partial charge in [0.2, 0.25) is 0 Å². The fourth-order valence-electron chi connectivity index (χ4n) is 3.91. The number of hydrogen-bond acceptors (Lipinski definition) is 4. The molecule has 0 unspecified atom stereocenters. The van der Waals surface area contributed by atoms with Crippen molar-refractivity contribution in [3.8, 4) is 11.3 Å². The van der Waals surface area contributed by atoms with Crippen LogP contribution in [0, 0.1) is 27.7 Å². The van der Waals surface area contributed by atoms with Gasteiger partial charge in [0.1, 0.15) is 0 Å². The molecule has 1 heterocycles. The number of amides is 1. The number of rotatable bonds is 5. The Balaban J connectivity index is 1.61. The molecule has 5 heteroatoms. The SMILES string of the molecule is Cc1ccc(-c2nc3ccccc3c(C(=O)OCC(=O)Nc3ccc(C)cc3C)c2C)cc1. The molecule has 0 aliphatic rings. The minimum absolute atomic E-state index is 0.373. The fraction of sp³-hybridized carbons (Fsp3) is 0.179. The van der Waals surface area contributed by atoms with E-state index in [4.69, 9.17) is 9.72 Å². The summed E-state index contributed by atoms with van der Waals surface area (Å²) in [7, 11) is 0. The van der Waals surface area contributed by atoms with E-state index in [-0.39, 0.29) is 12.5 Å². The number of nitrogens with one attached hydrogen (secondary N) is 1. The van der Waals surface area contributed by atoms with Crippen molar-refractivity contribution >= 4 is 28.5 Å². The molecule has 0 fully saturated rings. The molecule has 0 aliphatic heterocycles. The van der Waals surface area contributed by atoms with Crippen molar-refractivity contribution in [2.24, 2.45) is 0 Å². The number of fused-ring (bicyclic) bond motifs is 1. The van der Waals surface area contributed by atoms with E-state index in [1.54, 1.807) is 0 Å². The number of anilines is 1. The molecule has 0 bridgehead atoms. The van der Waals surface area contributed by atoms with Crippen LogP contribution in [-0.4, -0.2) is 23.5 Å². The van der Waals surface area contributed by atoms with E-state index < -0.39 is 5.97 Å². The van der Waals surface area contributed by atoms with Crippen molar-refractivity contribution in [2.45, 2.75) is 27.7 Å². The monoisotopic (exact) mass is 438 g/mol. The molecule has 0 spiro atoms. The third-order valence-electron chi connectivity index (χ3n) is 5.66. The quantitative estimate of drug-likeness (QED) is 0.392. The predicted octanol–water partition coefficient (Wildman–Crippen LogP) is 5.93. The highest BCUT2D eigenvalue weighted by molar-refractivity contribution is 6.07. The van der Waals surface area contributed by atoms with Gasteiger partial charge in [0.15, 0.2) is 6.61 Å². The fourth-order valence-corrected chi connectivity index (χ4v) is 3.91. The molecular formula is C28H26N2O3. The van der Waals surface area contributed by atoms with Crippen molar-refractivity contribution in [3.05, 3.63) is 94.5 Å². The van der Waals surface area contributed by atoms with Crippen LogP contribution in [0.3, 0.4) is 0 Å². The minimum atomic E-state index is -0.546. The number of nitrogens with zero attached hydrogens (tertiary/aromatic N) is 1. The second kappa shape index (κ2) is 9.25. The van der Waals surface area contributed by atoms with Crippen molar-refractivity contribution in [1.29, 1.82) is 0 Å². The van der Waals surface area contributed by atoms with Crippen molar-refractivity contribution in [3.63, 3.8) is 0 Å². The first-order chi connectivity index (χ1) is 15.8. The van der Waals surface area contributed by atoms with Crippen LogP contribution in [0.2, 0.25) is 0 Å². The number of carbonyl (C=O) groups is 2. The number of carbonyl (C=O) groups excluding carboxylic acids is 2. The first-order valence-electron chi connectivity index (χ1n) is 10.8. The Bertz CT molecular complexity index is 1360. The summed E-state index contributed by atoms with van der Waals surface area (Å²) in [6.45, 7) is 7.43. The lowest BCUT2D eigenvalue weighted by atomic mass is 9.97. The van der Waals surface area contributed by atoms with Gasteiger partial charge in [0.25, 0.3) is 5.91 Å². The van der Waals surface area contributed by atoms with Crippen LogP contribution in [-0.2, 0) is 9.53 Å². The van der Waals surface area contributed by atoms with Crippen LogP contribution in [0.5, 0.6) is 0 Å². The smallest absolute Gasteiger partial charge is 0.339 e. The number of esters is 1. The number of pyridine rings is 1. The van der Waals surface area contributed by atoms with Crippen molar-refractivity contribution in [2.75, 3.05) is 11.9 Å². The van der Waals surface area contributed by atoms with E-state index in [9.17, 15) is 9.59 Å². The van der Waals surface area contributed by atoms with Crippen molar-refractivity contribution in [1.82, 2.24) is 4.98 Å². The second-order valence-electron chi connectivity index (χ2n) is 8.29. The number of aryl methyl sites for hydroxylation is 3. The van der Waals surface area contributed by atoms with Gasteiger partial charge < -0.3 is 10.1 Å². The zero-order valence-corrected chi connectivity index (χ0v) is 19.2. The summed E-state index contributed by atoms with van der Waals surface area (Å²) in [5.74, 6) is -0.930. The average molecular weight is 439 g/mol. The Morgan fingerprint density at radius 3 is 2.30 bits per heavy atom. The molecule has 3 aromatic carbocycles. The second-order valence-corrected chi connectivity index (χ2v) is 8.29. The van der Waals surface area contributed by atoms with E-state index in [2.05, 4.69) is 5.32 Å². The van der Waals surface area contributed by atoms with Gasteiger partial charge >= 0.3 is 5.97 Å². The lowest BCUT2D eigenvalue weighted by molar-refractivity contribution is -0.119. The molecule has 0 saturated carbocycles. The van der Waals surface area contributed by atoms with E-state index in [1.165, 1.54) is 0 Å². The third-order valence-corrected chi connectivity index (χ3v) is 5.66. The number of benzene rings is 3. The maximum absolute atomic E-state index is 13.2. The van der Waals surface area contributed by atoms with Gasteiger partial charge in [-0.25, -0.2) is 9.78 Å². The maximum atomic E-state index is 13.2. The molecule has 0 atom stereocenters. The average Bonchev–Trinajstić information content (AvgIpc) is 2.79. The molecule has 1 aromatic heterocycles. The molecule has 4 aromatic rings. The van der Waals surface area contributed by atoms with Crippen molar-refractivity contribution < 1.29 is 14.3 Å². The number of aromatic nitrogens is 1. The first kappa shape index (κ1) is 22.2. The normalized spacial score (nSPS) is 10.8. The van der Waals surface area contributed by atoms with Gasteiger partial charge in [-0.2, -0.15) is 0 Å². The van der Waals surface area contributed by atoms with E-state index >= 15 is 0 Å².